The molecule has 3 heteroatoms. The van der Waals surface area contributed by atoms with Crippen molar-refractivity contribution in [2.24, 2.45) is 7.05 Å². The molecule has 0 amide bonds. The maximum absolute atomic E-state index is 4.11. The van der Waals surface area contributed by atoms with Crippen LogP contribution in [0.3, 0.4) is 0 Å². The van der Waals surface area contributed by atoms with Crippen LogP contribution in [0.5, 0.6) is 0 Å². The van der Waals surface area contributed by atoms with Crippen LogP contribution in [0.1, 0.15) is 11.3 Å². The largest absolute Gasteiger partial charge is 0.272 e. The Balaban J connectivity index is 2.87. The first kappa shape index (κ1) is 8.40. The van der Waals surface area contributed by atoms with Gasteiger partial charge < -0.3 is 0 Å². The van der Waals surface area contributed by atoms with Gasteiger partial charge in [-0.25, -0.2) is 0 Å². The molecule has 0 saturated heterocycles. The molecular formula is C8H12N2S. The van der Waals surface area contributed by atoms with Crippen molar-refractivity contribution in [1.82, 2.24) is 9.78 Å². The lowest BCUT2D eigenvalue weighted by atomic mass is 10.2. The van der Waals surface area contributed by atoms with E-state index in [0.29, 0.717) is 0 Å². The predicted octanol–water partition coefficient (Wildman–Crippen LogP) is 1.67. The van der Waals surface area contributed by atoms with Crippen molar-refractivity contribution in [3.8, 4) is 0 Å². The zero-order valence-corrected chi connectivity index (χ0v) is 7.68. The van der Waals surface area contributed by atoms with Gasteiger partial charge >= 0.3 is 0 Å². The van der Waals surface area contributed by atoms with E-state index in [1.165, 1.54) is 11.3 Å². The number of nitrogens with zero attached hydrogens (tertiary/aromatic N) is 2. The van der Waals surface area contributed by atoms with Crippen LogP contribution in [0.15, 0.2) is 12.3 Å². The zero-order valence-electron chi connectivity index (χ0n) is 6.78. The monoisotopic (exact) mass is 168 g/mol. The summed E-state index contributed by atoms with van der Waals surface area (Å²) in [7, 11) is 1.94. The second kappa shape index (κ2) is 3.62. The van der Waals surface area contributed by atoms with E-state index in [-0.39, 0.29) is 0 Å². The number of hydrogen-bond donors (Lipinski definition) is 1. The molecule has 0 aliphatic carbocycles. The highest BCUT2D eigenvalue weighted by molar-refractivity contribution is 7.80. The van der Waals surface area contributed by atoms with E-state index in [1.807, 2.05) is 37.0 Å². The molecule has 2 nitrogen and oxygen atoms in total. The summed E-state index contributed by atoms with van der Waals surface area (Å²) in [5, 5.41) is 4.11. The lowest BCUT2D eigenvalue weighted by Gasteiger charge is -1.92. The van der Waals surface area contributed by atoms with Crippen molar-refractivity contribution in [3.05, 3.63) is 23.5 Å². The predicted molar refractivity (Wildman–Crippen MR) is 50.8 cm³/mol. The van der Waals surface area contributed by atoms with E-state index < -0.39 is 0 Å². The van der Waals surface area contributed by atoms with Gasteiger partial charge in [0.15, 0.2) is 0 Å². The standard InChI is InChI=1S/C8H12N2S/c1-7-8(4-3-5-11)6-9-10(7)2/h3-4,6,11H,5H2,1-2H3. The molecule has 0 N–H and O–H groups in total. The smallest absolute Gasteiger partial charge is 0.0564 e. The summed E-state index contributed by atoms with van der Waals surface area (Å²) in [5.41, 5.74) is 2.35. The summed E-state index contributed by atoms with van der Waals surface area (Å²) in [4.78, 5) is 0. The Morgan fingerprint density at radius 1 is 1.73 bits per heavy atom. The van der Waals surface area contributed by atoms with Gasteiger partial charge in [0.2, 0.25) is 0 Å². The van der Waals surface area contributed by atoms with Gasteiger partial charge in [-0.15, -0.1) is 0 Å². The van der Waals surface area contributed by atoms with Crippen molar-refractivity contribution < 1.29 is 0 Å². The third-order valence-corrected chi connectivity index (χ3v) is 1.89. The van der Waals surface area contributed by atoms with Crippen molar-refractivity contribution in [1.29, 1.82) is 0 Å². The number of aryl methyl sites for hydroxylation is 1. The average molecular weight is 168 g/mol. The Morgan fingerprint density at radius 2 is 2.45 bits per heavy atom. The van der Waals surface area contributed by atoms with Crippen LogP contribution < -0.4 is 0 Å². The molecule has 11 heavy (non-hydrogen) atoms. The van der Waals surface area contributed by atoms with Crippen LogP contribution in [0.25, 0.3) is 6.08 Å². The maximum Gasteiger partial charge on any atom is 0.0564 e. The first-order chi connectivity index (χ1) is 5.25. The van der Waals surface area contributed by atoms with E-state index in [9.17, 15) is 0 Å². The van der Waals surface area contributed by atoms with Gasteiger partial charge in [0, 0.05) is 24.1 Å². The molecule has 0 aliphatic heterocycles. The number of rotatable bonds is 2. The first-order valence-electron chi connectivity index (χ1n) is 3.51. The number of aromatic nitrogens is 2. The van der Waals surface area contributed by atoms with Gasteiger partial charge in [-0.3, -0.25) is 4.68 Å². The van der Waals surface area contributed by atoms with E-state index in [0.717, 1.165) is 5.75 Å². The van der Waals surface area contributed by atoms with Crippen LogP contribution in [0.2, 0.25) is 0 Å². The van der Waals surface area contributed by atoms with Gasteiger partial charge in [0.25, 0.3) is 0 Å². The summed E-state index contributed by atoms with van der Waals surface area (Å²) in [6, 6.07) is 0. The molecule has 0 spiro atoms. The van der Waals surface area contributed by atoms with E-state index in [4.69, 9.17) is 0 Å². The fourth-order valence-corrected chi connectivity index (χ4v) is 0.964. The molecule has 1 aromatic heterocycles. The van der Waals surface area contributed by atoms with E-state index >= 15 is 0 Å². The second-order valence-electron chi connectivity index (χ2n) is 2.39. The highest BCUT2D eigenvalue weighted by atomic mass is 32.1. The molecular weight excluding hydrogens is 156 g/mol. The van der Waals surface area contributed by atoms with Gasteiger partial charge in [-0.2, -0.15) is 17.7 Å². The summed E-state index contributed by atoms with van der Waals surface area (Å²) >= 11 is 4.08. The quantitative estimate of drug-likeness (QED) is 0.665. The van der Waals surface area contributed by atoms with Gasteiger partial charge in [0.1, 0.15) is 0 Å². The molecule has 0 atom stereocenters. The lowest BCUT2D eigenvalue weighted by Crippen LogP contribution is -1.92. The third-order valence-electron chi connectivity index (χ3n) is 1.68. The van der Waals surface area contributed by atoms with Crippen LogP contribution >= 0.6 is 12.6 Å². The minimum Gasteiger partial charge on any atom is -0.272 e. The summed E-state index contributed by atoms with van der Waals surface area (Å²) in [6.45, 7) is 2.05. The lowest BCUT2D eigenvalue weighted by molar-refractivity contribution is 0.740. The molecule has 0 unspecified atom stereocenters. The second-order valence-corrected chi connectivity index (χ2v) is 2.76. The number of thiol groups is 1. The van der Waals surface area contributed by atoms with E-state index in [2.05, 4.69) is 17.7 Å². The van der Waals surface area contributed by atoms with Crippen molar-refractivity contribution in [2.45, 2.75) is 6.92 Å². The van der Waals surface area contributed by atoms with Crippen LogP contribution in [-0.2, 0) is 7.05 Å². The fraction of sp³-hybridized carbons (Fsp3) is 0.375. The molecule has 0 bridgehead atoms. The number of hydrogen-bond acceptors (Lipinski definition) is 2. The summed E-state index contributed by atoms with van der Waals surface area (Å²) in [6.07, 6.45) is 5.90. The molecule has 1 aromatic rings. The van der Waals surface area contributed by atoms with Crippen molar-refractivity contribution >= 4 is 18.7 Å². The van der Waals surface area contributed by atoms with Gasteiger partial charge in [-0.05, 0) is 6.92 Å². The Bertz CT molecular complexity index is 263. The molecule has 0 saturated carbocycles. The van der Waals surface area contributed by atoms with Gasteiger partial charge in [0.05, 0.1) is 6.20 Å². The molecule has 0 radical (unpaired) electrons. The molecule has 0 fully saturated rings. The molecule has 1 rings (SSSR count). The normalized spacial score (nSPS) is 11.2. The minimum atomic E-state index is 0.772. The van der Waals surface area contributed by atoms with Crippen LogP contribution in [0.4, 0.5) is 0 Å². The fourth-order valence-electron chi connectivity index (χ4n) is 0.859. The molecule has 0 aromatic carbocycles. The molecule has 60 valence electrons. The van der Waals surface area contributed by atoms with Crippen molar-refractivity contribution in [3.63, 3.8) is 0 Å². The van der Waals surface area contributed by atoms with Crippen LogP contribution in [-0.4, -0.2) is 15.5 Å². The topological polar surface area (TPSA) is 17.8 Å². The molecule has 0 aliphatic rings. The van der Waals surface area contributed by atoms with Crippen molar-refractivity contribution in [2.75, 3.05) is 5.75 Å². The Labute approximate surface area is 72.3 Å². The molecule has 1 heterocycles. The highest BCUT2D eigenvalue weighted by Crippen LogP contribution is 2.07. The Hall–Kier alpha value is -0.700. The average Bonchev–Trinajstić information content (AvgIpc) is 2.31. The van der Waals surface area contributed by atoms with Crippen LogP contribution in [0, 0.1) is 6.92 Å². The van der Waals surface area contributed by atoms with Gasteiger partial charge in [-0.1, -0.05) is 12.2 Å². The maximum atomic E-state index is 4.11. The summed E-state index contributed by atoms with van der Waals surface area (Å²) < 4.78 is 1.86. The summed E-state index contributed by atoms with van der Waals surface area (Å²) in [5.74, 6) is 0.772. The Morgan fingerprint density at radius 3 is 2.91 bits per heavy atom. The van der Waals surface area contributed by atoms with E-state index in [1.54, 1.807) is 0 Å². The SMILES string of the molecule is Cc1c(C=CCS)cnn1C. The third kappa shape index (κ3) is 1.87. The highest BCUT2D eigenvalue weighted by Gasteiger charge is 1.97. The minimum absolute atomic E-state index is 0.772. The zero-order chi connectivity index (χ0) is 8.27. The first-order valence-corrected chi connectivity index (χ1v) is 4.15. The Kier molecular flexibility index (Phi) is 2.76.